The molecule has 0 spiro atoms. The Balaban J connectivity index is 0.961. The van der Waals surface area contributed by atoms with Gasteiger partial charge in [-0.2, -0.15) is 0 Å². The van der Waals surface area contributed by atoms with Crippen LogP contribution in [0.4, 0.5) is 17.1 Å². The average molecular weight is 809 g/mol. The number of hydrogen-bond donors (Lipinski definition) is 0. The van der Waals surface area contributed by atoms with E-state index in [4.69, 9.17) is 4.42 Å². The first-order valence-corrected chi connectivity index (χ1v) is 21.9. The van der Waals surface area contributed by atoms with E-state index in [0.29, 0.717) is 0 Å². The van der Waals surface area contributed by atoms with Crippen molar-refractivity contribution in [2.45, 2.75) is 0 Å². The normalized spacial score (nSPS) is 11.9. The molecule has 0 unspecified atom stereocenters. The molecule has 0 saturated carbocycles. The van der Waals surface area contributed by atoms with Crippen molar-refractivity contribution in [3.8, 4) is 27.9 Å². The van der Waals surface area contributed by atoms with Gasteiger partial charge in [0.1, 0.15) is 11.2 Å². The summed E-state index contributed by atoms with van der Waals surface area (Å²) in [6.07, 6.45) is 0. The molecule has 0 bridgehead atoms. The number of thiophene rings is 1. The predicted molar refractivity (Wildman–Crippen MR) is 264 cm³/mol. The Bertz CT molecular complexity index is 3820. The lowest BCUT2D eigenvalue weighted by Gasteiger charge is -2.27. The number of nitrogens with zero attached hydrogens (tertiary/aromatic N) is 2. The van der Waals surface area contributed by atoms with Crippen molar-refractivity contribution in [2.24, 2.45) is 0 Å². The van der Waals surface area contributed by atoms with Gasteiger partial charge in [0.2, 0.25) is 0 Å². The molecule has 0 N–H and O–H groups in total. The SMILES string of the molecule is c1cc(N(c2ccc(-c3cccc4oc5c6ccccc6ccc5c34)cc2)c2ccc(-c3cccc4sc5ccccc5c34)cc2)cc(-n2c3ccccc3c3ccccc32)c1. The van der Waals surface area contributed by atoms with Crippen molar-refractivity contribution in [3.05, 3.63) is 218 Å². The molecule has 4 heteroatoms. The molecule has 3 aromatic heterocycles. The standard InChI is InChI=1S/C58H36N2OS/c1-2-15-46-37(12-1)30-35-50-56-44(19-10-23-53(56)61-58(46)50)38-26-31-40(32-27-38)59(41-33-28-39(29-34-41)45-20-11-25-55-57(45)49-18-5-8-24-54(49)62-55)42-13-9-14-43(36-42)60-51-21-6-3-16-47(51)48-17-4-7-22-52(48)60/h1-36H. The smallest absolute Gasteiger partial charge is 0.143 e. The highest BCUT2D eigenvalue weighted by molar-refractivity contribution is 7.25. The molecule has 0 aliphatic heterocycles. The Morgan fingerprint density at radius 1 is 0.387 bits per heavy atom. The predicted octanol–water partition coefficient (Wildman–Crippen LogP) is 17.0. The third-order valence-corrected chi connectivity index (χ3v) is 13.7. The van der Waals surface area contributed by atoms with Crippen LogP contribution < -0.4 is 4.90 Å². The number of aromatic nitrogens is 1. The highest BCUT2D eigenvalue weighted by atomic mass is 32.1. The van der Waals surface area contributed by atoms with Crippen LogP contribution in [-0.4, -0.2) is 4.57 Å². The topological polar surface area (TPSA) is 21.3 Å². The Morgan fingerprint density at radius 3 is 1.69 bits per heavy atom. The van der Waals surface area contributed by atoms with Crippen molar-refractivity contribution in [1.82, 2.24) is 4.57 Å². The summed E-state index contributed by atoms with van der Waals surface area (Å²) in [6, 6.07) is 79.2. The van der Waals surface area contributed by atoms with Crippen molar-refractivity contribution in [1.29, 1.82) is 0 Å². The number of rotatable bonds is 6. The summed E-state index contributed by atoms with van der Waals surface area (Å²) in [5.41, 5.74) is 13.3. The van der Waals surface area contributed by atoms with Crippen LogP contribution in [0, 0.1) is 0 Å². The molecule has 290 valence electrons. The van der Waals surface area contributed by atoms with Crippen LogP contribution in [0.2, 0.25) is 0 Å². The molecule has 0 aliphatic carbocycles. The van der Waals surface area contributed by atoms with E-state index in [-0.39, 0.29) is 0 Å². The van der Waals surface area contributed by atoms with Crippen LogP contribution >= 0.6 is 11.3 Å². The molecule has 0 saturated heterocycles. The number of anilines is 3. The molecular weight excluding hydrogens is 773 g/mol. The van der Waals surface area contributed by atoms with Gasteiger partial charge in [-0.3, -0.25) is 0 Å². The third-order valence-electron chi connectivity index (χ3n) is 12.6. The molecular formula is C58H36N2OS. The minimum Gasteiger partial charge on any atom is -0.455 e. The van der Waals surface area contributed by atoms with E-state index in [2.05, 4.69) is 228 Å². The Morgan fingerprint density at radius 2 is 0.968 bits per heavy atom. The zero-order chi connectivity index (χ0) is 40.7. The highest BCUT2D eigenvalue weighted by Crippen LogP contribution is 2.44. The second-order valence-corrected chi connectivity index (χ2v) is 17.1. The van der Waals surface area contributed by atoms with Gasteiger partial charge in [0.05, 0.1) is 11.0 Å². The van der Waals surface area contributed by atoms with E-state index in [1.165, 1.54) is 58.5 Å². The first-order chi connectivity index (χ1) is 30.7. The summed E-state index contributed by atoms with van der Waals surface area (Å²) in [7, 11) is 0. The summed E-state index contributed by atoms with van der Waals surface area (Å²) in [5.74, 6) is 0. The summed E-state index contributed by atoms with van der Waals surface area (Å²) in [5, 5.41) is 9.71. The number of fused-ring (bicyclic) bond motifs is 11. The summed E-state index contributed by atoms with van der Waals surface area (Å²) in [6.45, 7) is 0. The minimum atomic E-state index is 0.896. The van der Waals surface area contributed by atoms with Gasteiger partial charge in [-0.1, -0.05) is 140 Å². The molecule has 0 atom stereocenters. The van der Waals surface area contributed by atoms with Gasteiger partial charge >= 0.3 is 0 Å². The lowest BCUT2D eigenvalue weighted by atomic mass is 9.97. The largest absolute Gasteiger partial charge is 0.455 e. The zero-order valence-corrected chi connectivity index (χ0v) is 34.3. The Labute approximate surface area is 361 Å². The number of furan rings is 1. The Hall–Kier alpha value is -7.92. The van der Waals surface area contributed by atoms with Gasteiger partial charge in [-0.15, -0.1) is 11.3 Å². The summed E-state index contributed by atoms with van der Waals surface area (Å²) < 4.78 is 11.6. The van der Waals surface area contributed by atoms with E-state index >= 15 is 0 Å². The van der Waals surface area contributed by atoms with Crippen molar-refractivity contribution in [2.75, 3.05) is 4.90 Å². The van der Waals surface area contributed by atoms with Gasteiger partial charge < -0.3 is 13.9 Å². The van der Waals surface area contributed by atoms with Crippen molar-refractivity contribution < 1.29 is 4.42 Å². The lowest BCUT2D eigenvalue weighted by molar-refractivity contribution is 0.673. The van der Waals surface area contributed by atoms with E-state index in [0.717, 1.165) is 61.2 Å². The fourth-order valence-electron chi connectivity index (χ4n) is 9.81. The number of benzene rings is 10. The first-order valence-electron chi connectivity index (χ1n) is 21.1. The molecule has 3 nitrogen and oxygen atoms in total. The molecule has 62 heavy (non-hydrogen) atoms. The number of para-hydroxylation sites is 2. The molecule has 13 aromatic rings. The number of hydrogen-bond acceptors (Lipinski definition) is 3. The molecule has 0 amide bonds. The molecule has 0 radical (unpaired) electrons. The lowest BCUT2D eigenvalue weighted by Crippen LogP contribution is -2.10. The van der Waals surface area contributed by atoms with E-state index in [1.807, 2.05) is 11.3 Å². The fraction of sp³-hybridized carbons (Fsp3) is 0. The summed E-state index contributed by atoms with van der Waals surface area (Å²) in [4.78, 5) is 2.38. The summed E-state index contributed by atoms with van der Waals surface area (Å²) >= 11 is 1.86. The second kappa shape index (κ2) is 13.8. The maximum atomic E-state index is 6.57. The first kappa shape index (κ1) is 34.9. The Kier molecular flexibility index (Phi) is 7.78. The fourth-order valence-corrected chi connectivity index (χ4v) is 10.9. The van der Waals surface area contributed by atoms with E-state index in [1.54, 1.807) is 0 Å². The van der Waals surface area contributed by atoms with Crippen LogP contribution in [0.1, 0.15) is 0 Å². The minimum absolute atomic E-state index is 0.896. The maximum absolute atomic E-state index is 6.57. The van der Waals surface area contributed by atoms with Gasteiger partial charge in [0.25, 0.3) is 0 Å². The monoisotopic (exact) mass is 808 g/mol. The average Bonchev–Trinajstić information content (AvgIpc) is 4.02. The molecule has 3 heterocycles. The van der Waals surface area contributed by atoms with Crippen LogP contribution in [0.5, 0.6) is 0 Å². The van der Waals surface area contributed by atoms with Gasteiger partial charge in [-0.25, -0.2) is 0 Å². The van der Waals surface area contributed by atoms with Crippen molar-refractivity contribution in [3.63, 3.8) is 0 Å². The maximum Gasteiger partial charge on any atom is 0.143 e. The molecule has 0 fully saturated rings. The van der Waals surface area contributed by atoms with Gasteiger partial charge in [0.15, 0.2) is 0 Å². The van der Waals surface area contributed by atoms with Crippen LogP contribution in [0.25, 0.3) is 103 Å². The van der Waals surface area contributed by atoms with Crippen LogP contribution in [-0.2, 0) is 0 Å². The van der Waals surface area contributed by atoms with Gasteiger partial charge in [0, 0.05) is 69.9 Å². The second-order valence-electron chi connectivity index (χ2n) is 16.0. The highest BCUT2D eigenvalue weighted by Gasteiger charge is 2.19. The zero-order valence-electron chi connectivity index (χ0n) is 33.5. The van der Waals surface area contributed by atoms with Crippen molar-refractivity contribution >= 4 is 103 Å². The van der Waals surface area contributed by atoms with Crippen LogP contribution in [0.3, 0.4) is 0 Å². The molecule has 0 aliphatic rings. The molecule has 13 rings (SSSR count). The van der Waals surface area contributed by atoms with Crippen LogP contribution in [0.15, 0.2) is 223 Å². The quantitative estimate of drug-likeness (QED) is 0.167. The van der Waals surface area contributed by atoms with E-state index < -0.39 is 0 Å². The van der Waals surface area contributed by atoms with E-state index in [9.17, 15) is 0 Å². The van der Waals surface area contributed by atoms with Gasteiger partial charge in [-0.05, 0) is 107 Å². The molecule has 10 aromatic carbocycles. The third kappa shape index (κ3) is 5.37.